The number of rotatable bonds is 2. The number of esters is 1. The summed E-state index contributed by atoms with van der Waals surface area (Å²) in [4.78, 5) is 30.2. The Morgan fingerprint density at radius 2 is 2.05 bits per heavy atom. The smallest absolute Gasteiger partial charge is 0.410 e. The molecule has 0 saturated heterocycles. The molecule has 0 aromatic carbocycles. The molecule has 0 bridgehead atoms. The molecule has 0 atom stereocenters. The second-order valence-corrected chi connectivity index (χ2v) is 6.53. The standard InChI is InChI=1S/C13H18N2O4S/c1-5-18-11(16)10-14-8-6-15(7-9(8)20-10)12(17)19-13(2,3)4/h5-7H2,1-4H3. The van der Waals surface area contributed by atoms with Gasteiger partial charge >= 0.3 is 12.1 Å². The molecule has 110 valence electrons. The van der Waals surface area contributed by atoms with Gasteiger partial charge in [-0.25, -0.2) is 14.6 Å². The van der Waals surface area contributed by atoms with Crippen molar-refractivity contribution in [3.05, 3.63) is 15.6 Å². The molecule has 0 unspecified atom stereocenters. The highest BCUT2D eigenvalue weighted by atomic mass is 32.1. The van der Waals surface area contributed by atoms with Crippen LogP contribution in [0.5, 0.6) is 0 Å². The normalized spacial score (nSPS) is 14.1. The van der Waals surface area contributed by atoms with Crippen molar-refractivity contribution in [2.45, 2.75) is 46.4 Å². The maximum absolute atomic E-state index is 11.9. The number of carbonyl (C=O) groups is 2. The van der Waals surface area contributed by atoms with Crippen molar-refractivity contribution in [3.63, 3.8) is 0 Å². The van der Waals surface area contributed by atoms with Crippen LogP contribution in [0.15, 0.2) is 0 Å². The Balaban J connectivity index is 2.01. The Kier molecular flexibility index (Phi) is 3.99. The SMILES string of the molecule is CCOC(=O)c1nc2c(s1)CN(C(=O)OC(C)(C)C)C2. The Bertz CT molecular complexity index is 509. The van der Waals surface area contributed by atoms with E-state index in [0.717, 1.165) is 10.6 Å². The monoisotopic (exact) mass is 298 g/mol. The molecule has 0 spiro atoms. The zero-order chi connectivity index (χ0) is 14.9. The lowest BCUT2D eigenvalue weighted by Crippen LogP contribution is -2.33. The van der Waals surface area contributed by atoms with Crippen LogP contribution in [0.3, 0.4) is 0 Å². The minimum Gasteiger partial charge on any atom is -0.461 e. The molecule has 1 aliphatic rings. The lowest BCUT2D eigenvalue weighted by molar-refractivity contribution is 0.0241. The number of carbonyl (C=O) groups excluding carboxylic acids is 2. The number of amides is 1. The first-order valence-corrected chi connectivity index (χ1v) is 7.25. The molecule has 20 heavy (non-hydrogen) atoms. The van der Waals surface area contributed by atoms with Gasteiger partial charge in [-0.15, -0.1) is 11.3 Å². The van der Waals surface area contributed by atoms with E-state index in [-0.39, 0.29) is 6.09 Å². The van der Waals surface area contributed by atoms with Gasteiger partial charge in [-0.3, -0.25) is 4.90 Å². The average Bonchev–Trinajstić information content (AvgIpc) is 2.83. The van der Waals surface area contributed by atoms with Crippen molar-refractivity contribution >= 4 is 23.4 Å². The van der Waals surface area contributed by atoms with Crippen LogP contribution in [0.2, 0.25) is 0 Å². The first kappa shape index (κ1) is 14.8. The summed E-state index contributed by atoms with van der Waals surface area (Å²) in [6, 6.07) is 0. The molecule has 2 heterocycles. The Hall–Kier alpha value is -1.63. The molecule has 0 saturated carbocycles. The largest absolute Gasteiger partial charge is 0.461 e. The average molecular weight is 298 g/mol. The minimum absolute atomic E-state index is 0.327. The van der Waals surface area contributed by atoms with Crippen LogP contribution >= 0.6 is 11.3 Å². The first-order chi connectivity index (χ1) is 9.30. The molecule has 0 aliphatic carbocycles. The maximum Gasteiger partial charge on any atom is 0.410 e. The summed E-state index contributed by atoms with van der Waals surface area (Å²) >= 11 is 1.27. The van der Waals surface area contributed by atoms with E-state index >= 15 is 0 Å². The molecule has 0 N–H and O–H groups in total. The van der Waals surface area contributed by atoms with Gasteiger partial charge in [0, 0.05) is 4.88 Å². The van der Waals surface area contributed by atoms with Gasteiger partial charge in [0.05, 0.1) is 25.4 Å². The van der Waals surface area contributed by atoms with Crippen LogP contribution in [0.1, 0.15) is 48.1 Å². The number of ether oxygens (including phenoxy) is 2. The van der Waals surface area contributed by atoms with Gasteiger partial charge in [-0.2, -0.15) is 0 Å². The zero-order valence-corrected chi connectivity index (χ0v) is 12.9. The number of aromatic nitrogens is 1. The van der Waals surface area contributed by atoms with Gasteiger partial charge in [-0.1, -0.05) is 0 Å². The van der Waals surface area contributed by atoms with E-state index in [1.54, 1.807) is 11.8 Å². The van der Waals surface area contributed by atoms with E-state index in [2.05, 4.69) is 4.98 Å². The minimum atomic E-state index is -0.517. The summed E-state index contributed by atoms with van der Waals surface area (Å²) in [6.07, 6.45) is -0.361. The molecular formula is C13H18N2O4S. The van der Waals surface area contributed by atoms with Gasteiger partial charge in [0.25, 0.3) is 0 Å². The van der Waals surface area contributed by atoms with Crippen molar-refractivity contribution < 1.29 is 19.1 Å². The van der Waals surface area contributed by atoms with Crippen LogP contribution in [0.25, 0.3) is 0 Å². The molecule has 0 fully saturated rings. The van der Waals surface area contributed by atoms with Gasteiger partial charge in [0.15, 0.2) is 0 Å². The van der Waals surface area contributed by atoms with Crippen LogP contribution in [-0.4, -0.2) is 34.2 Å². The Morgan fingerprint density at radius 3 is 2.60 bits per heavy atom. The van der Waals surface area contributed by atoms with E-state index in [9.17, 15) is 9.59 Å². The van der Waals surface area contributed by atoms with Crippen molar-refractivity contribution in [2.24, 2.45) is 0 Å². The summed E-state index contributed by atoms with van der Waals surface area (Å²) < 4.78 is 10.2. The summed E-state index contributed by atoms with van der Waals surface area (Å²) in [7, 11) is 0. The van der Waals surface area contributed by atoms with Gasteiger partial charge in [0.2, 0.25) is 5.01 Å². The van der Waals surface area contributed by atoms with Crippen LogP contribution in [-0.2, 0) is 22.6 Å². The van der Waals surface area contributed by atoms with E-state index in [1.165, 1.54) is 11.3 Å². The molecule has 0 radical (unpaired) electrons. The van der Waals surface area contributed by atoms with Crippen molar-refractivity contribution in [1.82, 2.24) is 9.88 Å². The molecule has 1 aromatic heterocycles. The summed E-state index contributed by atoms with van der Waals surface area (Å²) in [5.74, 6) is -0.407. The van der Waals surface area contributed by atoms with Crippen molar-refractivity contribution in [1.29, 1.82) is 0 Å². The van der Waals surface area contributed by atoms with Gasteiger partial charge < -0.3 is 9.47 Å². The van der Waals surface area contributed by atoms with Crippen molar-refractivity contribution in [3.8, 4) is 0 Å². The lowest BCUT2D eigenvalue weighted by atomic mass is 10.2. The second kappa shape index (κ2) is 5.40. The molecular weight excluding hydrogens is 280 g/mol. The number of thiazole rings is 1. The fourth-order valence-electron chi connectivity index (χ4n) is 1.78. The first-order valence-electron chi connectivity index (χ1n) is 6.44. The fourth-order valence-corrected chi connectivity index (χ4v) is 2.76. The van der Waals surface area contributed by atoms with E-state index < -0.39 is 11.6 Å². The maximum atomic E-state index is 11.9. The molecule has 1 aliphatic heterocycles. The van der Waals surface area contributed by atoms with Gasteiger partial charge in [-0.05, 0) is 27.7 Å². The zero-order valence-electron chi connectivity index (χ0n) is 12.1. The number of nitrogens with zero attached hydrogens (tertiary/aromatic N) is 2. The second-order valence-electron chi connectivity index (χ2n) is 5.45. The third-order valence-corrected chi connectivity index (χ3v) is 3.62. The molecule has 6 nitrogen and oxygen atoms in total. The summed E-state index contributed by atoms with van der Waals surface area (Å²) in [5, 5.41) is 0.348. The Labute approximate surface area is 121 Å². The Morgan fingerprint density at radius 1 is 1.35 bits per heavy atom. The predicted octanol–water partition coefficient (Wildman–Crippen LogP) is 2.57. The highest BCUT2D eigenvalue weighted by Crippen LogP contribution is 2.29. The number of hydrogen-bond acceptors (Lipinski definition) is 6. The molecule has 1 aromatic rings. The van der Waals surface area contributed by atoms with E-state index in [1.807, 2.05) is 20.8 Å². The predicted molar refractivity (Wildman–Crippen MR) is 73.6 cm³/mol. The summed E-state index contributed by atoms with van der Waals surface area (Å²) in [5.41, 5.74) is 0.236. The fraction of sp³-hybridized carbons (Fsp3) is 0.615. The van der Waals surface area contributed by atoms with E-state index in [4.69, 9.17) is 9.47 Å². The topological polar surface area (TPSA) is 68.7 Å². The highest BCUT2D eigenvalue weighted by Gasteiger charge is 2.31. The molecule has 7 heteroatoms. The van der Waals surface area contributed by atoms with Crippen LogP contribution < -0.4 is 0 Å². The van der Waals surface area contributed by atoms with Gasteiger partial charge in [0.1, 0.15) is 5.60 Å². The third kappa shape index (κ3) is 3.27. The molecule has 1 amide bonds. The van der Waals surface area contributed by atoms with Crippen molar-refractivity contribution in [2.75, 3.05) is 6.61 Å². The van der Waals surface area contributed by atoms with Crippen LogP contribution in [0.4, 0.5) is 4.79 Å². The quantitative estimate of drug-likeness (QED) is 0.785. The van der Waals surface area contributed by atoms with Crippen LogP contribution in [0, 0.1) is 0 Å². The highest BCUT2D eigenvalue weighted by molar-refractivity contribution is 7.13. The third-order valence-electron chi connectivity index (χ3n) is 2.56. The number of fused-ring (bicyclic) bond motifs is 1. The lowest BCUT2D eigenvalue weighted by Gasteiger charge is -2.24. The molecule has 2 rings (SSSR count). The van der Waals surface area contributed by atoms with E-state index in [0.29, 0.717) is 24.7 Å². The summed E-state index contributed by atoms with van der Waals surface area (Å²) in [6.45, 7) is 8.37. The number of hydrogen-bond donors (Lipinski definition) is 0.